The fraction of sp³-hybridized carbons (Fsp3) is 0.583. The average Bonchev–Trinajstić information content (AvgIpc) is 3.14. The van der Waals surface area contributed by atoms with E-state index in [1.807, 2.05) is 0 Å². The Morgan fingerprint density at radius 2 is 2.35 bits per heavy atom. The molecule has 94 valence electrons. The molecule has 1 fully saturated rings. The van der Waals surface area contributed by atoms with Crippen LogP contribution >= 0.6 is 0 Å². The molecule has 4 nitrogen and oxygen atoms in total. The fourth-order valence-electron chi connectivity index (χ4n) is 1.73. The first kappa shape index (κ1) is 12.3. The normalized spacial score (nSPS) is 15.3. The maximum atomic E-state index is 12.9. The molecule has 0 atom stereocenters. The zero-order chi connectivity index (χ0) is 12.3. The van der Waals surface area contributed by atoms with Gasteiger partial charge in [0.05, 0.1) is 6.20 Å². The minimum absolute atomic E-state index is 0.235. The summed E-state index contributed by atoms with van der Waals surface area (Å²) in [5, 5.41) is 0. The molecule has 1 heterocycles. The predicted molar refractivity (Wildman–Crippen MR) is 63.2 cm³/mol. The Hall–Kier alpha value is -1.20. The number of likely N-dealkylation sites (N-methyl/N-ethyl adjacent to an activating group) is 1. The molecule has 17 heavy (non-hydrogen) atoms. The van der Waals surface area contributed by atoms with Gasteiger partial charge in [-0.1, -0.05) is 0 Å². The first-order valence-electron chi connectivity index (χ1n) is 5.88. The monoisotopic (exact) mass is 239 g/mol. The molecular weight excluding hydrogens is 221 g/mol. The van der Waals surface area contributed by atoms with E-state index in [0.717, 1.165) is 12.7 Å². The van der Waals surface area contributed by atoms with Crippen LogP contribution in [0, 0.1) is 5.82 Å². The first-order chi connectivity index (χ1) is 8.20. The Labute approximate surface area is 101 Å². The predicted octanol–water partition coefficient (Wildman–Crippen LogP) is 1.15. The zero-order valence-electron chi connectivity index (χ0n) is 10.0. The van der Waals surface area contributed by atoms with E-state index in [2.05, 4.69) is 16.9 Å². The van der Waals surface area contributed by atoms with E-state index in [0.29, 0.717) is 24.1 Å². The van der Waals surface area contributed by atoms with Gasteiger partial charge in [-0.15, -0.1) is 0 Å². The Morgan fingerprint density at radius 1 is 1.59 bits per heavy atom. The SMILES string of the molecule is CN(CCOc1ncc(F)cc1CN)C1CC1. The lowest BCUT2D eigenvalue weighted by atomic mass is 10.3. The summed E-state index contributed by atoms with van der Waals surface area (Å²) in [4.78, 5) is 6.18. The molecule has 0 radical (unpaired) electrons. The van der Waals surface area contributed by atoms with Gasteiger partial charge in [-0.2, -0.15) is 0 Å². The molecule has 1 aliphatic carbocycles. The van der Waals surface area contributed by atoms with Gasteiger partial charge in [0.1, 0.15) is 12.4 Å². The van der Waals surface area contributed by atoms with Crippen molar-refractivity contribution in [1.29, 1.82) is 0 Å². The molecule has 0 bridgehead atoms. The molecule has 0 amide bonds. The molecule has 0 spiro atoms. The third-order valence-electron chi connectivity index (χ3n) is 2.96. The number of hydrogen-bond acceptors (Lipinski definition) is 4. The van der Waals surface area contributed by atoms with Crippen molar-refractivity contribution in [2.45, 2.75) is 25.4 Å². The number of pyridine rings is 1. The summed E-state index contributed by atoms with van der Waals surface area (Å²) in [6.07, 6.45) is 3.71. The number of hydrogen-bond donors (Lipinski definition) is 1. The quantitative estimate of drug-likeness (QED) is 0.809. The number of nitrogens with zero attached hydrogens (tertiary/aromatic N) is 2. The van der Waals surface area contributed by atoms with E-state index in [-0.39, 0.29) is 12.4 Å². The van der Waals surface area contributed by atoms with E-state index >= 15 is 0 Å². The number of rotatable bonds is 6. The highest BCUT2D eigenvalue weighted by Gasteiger charge is 2.25. The van der Waals surface area contributed by atoms with Gasteiger partial charge in [0.2, 0.25) is 5.88 Å². The molecule has 0 unspecified atom stereocenters. The molecule has 2 N–H and O–H groups in total. The largest absolute Gasteiger partial charge is 0.476 e. The lowest BCUT2D eigenvalue weighted by Gasteiger charge is -2.16. The molecule has 1 aliphatic rings. The summed E-state index contributed by atoms with van der Waals surface area (Å²) in [5.41, 5.74) is 6.12. The van der Waals surface area contributed by atoms with E-state index in [1.165, 1.54) is 18.9 Å². The molecule has 0 aromatic carbocycles. The number of ether oxygens (including phenoxy) is 1. The molecule has 0 aliphatic heterocycles. The Balaban J connectivity index is 1.85. The number of aromatic nitrogens is 1. The lowest BCUT2D eigenvalue weighted by molar-refractivity contribution is 0.224. The number of halogens is 1. The summed E-state index contributed by atoms with van der Waals surface area (Å²) in [7, 11) is 2.09. The van der Waals surface area contributed by atoms with Crippen molar-refractivity contribution in [3.05, 3.63) is 23.6 Å². The van der Waals surface area contributed by atoms with Gasteiger partial charge in [0, 0.05) is 24.7 Å². The minimum Gasteiger partial charge on any atom is -0.476 e. The van der Waals surface area contributed by atoms with Crippen molar-refractivity contribution >= 4 is 0 Å². The average molecular weight is 239 g/mol. The molecule has 5 heteroatoms. The van der Waals surface area contributed by atoms with Crippen LogP contribution < -0.4 is 10.5 Å². The summed E-state index contributed by atoms with van der Waals surface area (Å²) < 4.78 is 18.4. The van der Waals surface area contributed by atoms with Gasteiger partial charge >= 0.3 is 0 Å². The van der Waals surface area contributed by atoms with Crippen molar-refractivity contribution in [3.63, 3.8) is 0 Å². The van der Waals surface area contributed by atoms with Crippen LogP contribution in [0.1, 0.15) is 18.4 Å². The molecule has 1 saturated carbocycles. The zero-order valence-corrected chi connectivity index (χ0v) is 10.0. The first-order valence-corrected chi connectivity index (χ1v) is 5.88. The number of nitrogens with two attached hydrogens (primary N) is 1. The van der Waals surface area contributed by atoms with E-state index in [9.17, 15) is 4.39 Å². The second-order valence-electron chi connectivity index (χ2n) is 4.38. The van der Waals surface area contributed by atoms with Crippen molar-refractivity contribution in [1.82, 2.24) is 9.88 Å². The second kappa shape index (κ2) is 5.42. The van der Waals surface area contributed by atoms with Crippen LogP contribution in [0.2, 0.25) is 0 Å². The second-order valence-corrected chi connectivity index (χ2v) is 4.38. The topological polar surface area (TPSA) is 51.4 Å². The smallest absolute Gasteiger partial charge is 0.218 e. The third-order valence-corrected chi connectivity index (χ3v) is 2.96. The van der Waals surface area contributed by atoms with Crippen LogP contribution in [0.3, 0.4) is 0 Å². The van der Waals surface area contributed by atoms with Gasteiger partial charge < -0.3 is 15.4 Å². The van der Waals surface area contributed by atoms with Gasteiger partial charge in [-0.25, -0.2) is 9.37 Å². The van der Waals surface area contributed by atoms with Gasteiger partial charge in [0.15, 0.2) is 0 Å². The summed E-state index contributed by atoms with van der Waals surface area (Å²) in [6, 6.07) is 2.08. The van der Waals surface area contributed by atoms with E-state index < -0.39 is 0 Å². The highest BCUT2D eigenvalue weighted by atomic mass is 19.1. The van der Waals surface area contributed by atoms with Crippen molar-refractivity contribution in [2.75, 3.05) is 20.2 Å². The molecular formula is C12H18FN3O. The van der Waals surface area contributed by atoms with Crippen LogP contribution in [0.5, 0.6) is 5.88 Å². The summed E-state index contributed by atoms with van der Waals surface area (Å²) in [6.45, 7) is 1.64. The maximum absolute atomic E-state index is 12.9. The fourth-order valence-corrected chi connectivity index (χ4v) is 1.73. The van der Waals surface area contributed by atoms with Crippen molar-refractivity contribution in [2.24, 2.45) is 5.73 Å². The van der Waals surface area contributed by atoms with Crippen LogP contribution in [-0.2, 0) is 6.54 Å². The Bertz CT molecular complexity index is 382. The Kier molecular flexibility index (Phi) is 3.91. The van der Waals surface area contributed by atoms with Crippen LogP contribution in [0.25, 0.3) is 0 Å². The van der Waals surface area contributed by atoms with Gasteiger partial charge in [-0.3, -0.25) is 0 Å². The minimum atomic E-state index is -0.382. The van der Waals surface area contributed by atoms with E-state index in [4.69, 9.17) is 10.5 Å². The van der Waals surface area contributed by atoms with Crippen molar-refractivity contribution in [3.8, 4) is 5.88 Å². The molecule has 1 aromatic heterocycles. The maximum Gasteiger partial charge on any atom is 0.218 e. The molecule has 2 rings (SSSR count). The Morgan fingerprint density at radius 3 is 3.00 bits per heavy atom. The standard InChI is InChI=1S/C12H18FN3O/c1-16(11-2-3-11)4-5-17-12-9(7-14)6-10(13)8-15-12/h6,8,11H,2-5,7,14H2,1H3. The van der Waals surface area contributed by atoms with Gasteiger partial charge in [0.25, 0.3) is 0 Å². The van der Waals surface area contributed by atoms with Crippen LogP contribution in [-0.4, -0.2) is 36.1 Å². The van der Waals surface area contributed by atoms with Crippen LogP contribution in [0.15, 0.2) is 12.3 Å². The third kappa shape index (κ3) is 3.38. The van der Waals surface area contributed by atoms with E-state index in [1.54, 1.807) is 0 Å². The van der Waals surface area contributed by atoms with Crippen LogP contribution in [0.4, 0.5) is 4.39 Å². The highest BCUT2D eigenvalue weighted by Crippen LogP contribution is 2.25. The summed E-state index contributed by atoms with van der Waals surface area (Å²) in [5.74, 6) is 0.0611. The van der Waals surface area contributed by atoms with Crippen molar-refractivity contribution < 1.29 is 9.13 Å². The highest BCUT2D eigenvalue weighted by molar-refractivity contribution is 5.25. The lowest BCUT2D eigenvalue weighted by Crippen LogP contribution is -2.26. The molecule has 1 aromatic rings. The molecule has 0 saturated heterocycles. The summed E-state index contributed by atoms with van der Waals surface area (Å²) >= 11 is 0. The van der Waals surface area contributed by atoms with Gasteiger partial charge in [-0.05, 0) is 26.0 Å².